The number of phosphoric ester groups is 1. The molecule has 0 saturated carbocycles. The van der Waals surface area contributed by atoms with Gasteiger partial charge in [0.25, 0.3) is 0 Å². The summed E-state index contributed by atoms with van der Waals surface area (Å²) in [6, 6.07) is 1.40. The first-order valence-electron chi connectivity index (χ1n) is 8.35. The van der Waals surface area contributed by atoms with Crippen LogP contribution in [0.2, 0.25) is 0 Å². The third-order valence-corrected chi connectivity index (χ3v) is 8.07. The smallest absolute Gasteiger partial charge is 0.383 e. The Balaban J connectivity index is 2.12. The number of phosphoric acid groups is 3. The van der Waals surface area contributed by atoms with Crippen molar-refractivity contribution in [2.24, 2.45) is 5.92 Å². The first-order chi connectivity index (χ1) is 13.5. The van der Waals surface area contributed by atoms with Crippen LogP contribution in [0.1, 0.15) is 32.9 Å². The molecule has 1 aliphatic rings. The van der Waals surface area contributed by atoms with E-state index >= 15 is 0 Å². The van der Waals surface area contributed by atoms with Gasteiger partial charge in [-0.05, 0) is 24.8 Å². The van der Waals surface area contributed by atoms with Crippen molar-refractivity contribution in [3.63, 3.8) is 0 Å². The molecule has 2 rings (SSSR count). The van der Waals surface area contributed by atoms with E-state index in [1.807, 2.05) is 0 Å². The summed E-state index contributed by atoms with van der Waals surface area (Å²) < 4.78 is 53.3. The first kappa shape index (κ1) is 25.3. The molecule has 0 aromatic carbocycles. The maximum atomic E-state index is 12.0. The SMILES string of the molecule is CC(C)[C@@]1(COP(=O)(O)OP(=O)(O)OP(=O)(O)O)CCC(n2ccc(N)nc2=O)O1. The fourth-order valence-corrected chi connectivity index (χ4v) is 5.87. The molecule has 30 heavy (non-hydrogen) atoms. The Bertz CT molecular complexity index is 977. The quantitative estimate of drug-likeness (QED) is 0.301. The van der Waals surface area contributed by atoms with Gasteiger partial charge >= 0.3 is 29.2 Å². The zero-order valence-electron chi connectivity index (χ0n) is 15.8. The van der Waals surface area contributed by atoms with E-state index in [2.05, 4.69) is 13.6 Å². The molecule has 3 unspecified atom stereocenters. The van der Waals surface area contributed by atoms with Crippen LogP contribution in [0.25, 0.3) is 0 Å². The van der Waals surface area contributed by atoms with Gasteiger partial charge in [0.15, 0.2) is 0 Å². The lowest BCUT2D eigenvalue weighted by Crippen LogP contribution is -2.40. The molecule has 15 nitrogen and oxygen atoms in total. The normalized spacial score (nSPS) is 26.4. The first-order valence-corrected chi connectivity index (χ1v) is 12.9. The van der Waals surface area contributed by atoms with E-state index in [0.29, 0.717) is 6.42 Å². The van der Waals surface area contributed by atoms with Crippen molar-refractivity contribution in [3.05, 3.63) is 22.7 Å². The van der Waals surface area contributed by atoms with Crippen LogP contribution in [0.3, 0.4) is 0 Å². The molecule has 0 bridgehead atoms. The van der Waals surface area contributed by atoms with Crippen LogP contribution in [0.5, 0.6) is 0 Å². The molecule has 1 saturated heterocycles. The molecule has 0 aliphatic carbocycles. The molecule has 6 N–H and O–H groups in total. The molecule has 172 valence electrons. The summed E-state index contributed by atoms with van der Waals surface area (Å²) in [4.78, 5) is 51.6. The Hall–Kier alpha value is -0.950. The average Bonchev–Trinajstić information content (AvgIpc) is 2.95. The van der Waals surface area contributed by atoms with Crippen LogP contribution < -0.4 is 11.4 Å². The summed E-state index contributed by atoms with van der Waals surface area (Å²) in [5, 5.41) is 0. The van der Waals surface area contributed by atoms with E-state index in [0.717, 1.165) is 0 Å². The van der Waals surface area contributed by atoms with Crippen molar-refractivity contribution in [2.45, 2.75) is 38.5 Å². The number of hydrogen-bond acceptors (Lipinski definition) is 10. The highest BCUT2D eigenvalue weighted by Gasteiger charge is 2.47. The van der Waals surface area contributed by atoms with Gasteiger partial charge in [-0.25, -0.2) is 18.5 Å². The lowest BCUT2D eigenvalue weighted by Gasteiger charge is -2.33. The van der Waals surface area contributed by atoms with Gasteiger partial charge in [-0.3, -0.25) is 9.09 Å². The number of nitrogens with two attached hydrogens (primary N) is 1. The van der Waals surface area contributed by atoms with Crippen LogP contribution in [-0.2, 0) is 31.6 Å². The van der Waals surface area contributed by atoms with Gasteiger partial charge in [-0.1, -0.05) is 13.8 Å². The summed E-state index contributed by atoms with van der Waals surface area (Å²) in [6.45, 7) is 2.82. The second-order valence-corrected chi connectivity index (χ2v) is 11.2. The summed E-state index contributed by atoms with van der Waals surface area (Å²) in [7, 11) is -16.4. The summed E-state index contributed by atoms with van der Waals surface area (Å²) in [6.07, 6.45) is 1.18. The highest BCUT2D eigenvalue weighted by molar-refractivity contribution is 7.66. The van der Waals surface area contributed by atoms with Crippen molar-refractivity contribution >= 4 is 29.3 Å². The Morgan fingerprint density at radius 2 is 1.90 bits per heavy atom. The molecule has 18 heteroatoms. The summed E-state index contributed by atoms with van der Waals surface area (Å²) in [5.41, 5.74) is 3.59. The fraction of sp³-hybridized carbons (Fsp3) is 0.667. The monoisotopic (exact) mass is 493 g/mol. The Morgan fingerprint density at radius 3 is 2.43 bits per heavy atom. The molecule has 4 atom stereocenters. The van der Waals surface area contributed by atoms with Crippen molar-refractivity contribution in [1.82, 2.24) is 9.55 Å². The molecule has 0 radical (unpaired) electrons. The van der Waals surface area contributed by atoms with Gasteiger partial charge in [0, 0.05) is 6.20 Å². The molecule has 1 fully saturated rings. The minimum atomic E-state index is -5.62. The Labute approximate surface area is 170 Å². The number of hydrogen-bond donors (Lipinski definition) is 5. The van der Waals surface area contributed by atoms with Crippen molar-refractivity contribution in [2.75, 3.05) is 12.3 Å². The number of nitrogens with zero attached hydrogens (tertiary/aromatic N) is 2. The van der Waals surface area contributed by atoms with Crippen molar-refractivity contribution in [1.29, 1.82) is 0 Å². The maximum absolute atomic E-state index is 12.0. The van der Waals surface area contributed by atoms with E-state index < -0.39 is 47.6 Å². The van der Waals surface area contributed by atoms with Crippen molar-refractivity contribution in [3.8, 4) is 0 Å². The standard InChI is InChI=1S/C12H22N3O12P3/c1-8(2)12(5-3-10(25-12)15-6-4-9(13)14-11(15)16)7-24-29(20,21)27-30(22,23)26-28(17,18)19/h4,6,8,10H,3,5,7H2,1-2H3,(H,20,21)(H,22,23)(H2,13,14,16)(H2,17,18,19)/t10?,12-/m0/s1. The minimum Gasteiger partial charge on any atom is -0.383 e. The number of nitrogen functional groups attached to an aromatic ring is 1. The average molecular weight is 493 g/mol. The summed E-state index contributed by atoms with van der Waals surface area (Å²) in [5.74, 6) is -0.288. The van der Waals surface area contributed by atoms with Crippen LogP contribution >= 0.6 is 23.5 Å². The zero-order chi connectivity index (χ0) is 23.0. The zero-order valence-corrected chi connectivity index (χ0v) is 18.5. The molecule has 1 aliphatic heterocycles. The van der Waals surface area contributed by atoms with E-state index in [4.69, 9.17) is 24.8 Å². The van der Waals surface area contributed by atoms with E-state index in [1.165, 1.54) is 16.8 Å². The summed E-state index contributed by atoms with van der Waals surface area (Å²) >= 11 is 0. The van der Waals surface area contributed by atoms with E-state index in [9.17, 15) is 28.3 Å². The van der Waals surface area contributed by atoms with Crippen LogP contribution in [0.4, 0.5) is 5.82 Å². The Kier molecular flexibility index (Phi) is 7.50. The molecule has 2 heterocycles. The van der Waals surface area contributed by atoms with Gasteiger partial charge in [0.1, 0.15) is 12.0 Å². The number of rotatable bonds is 9. The molecule has 1 aromatic rings. The maximum Gasteiger partial charge on any atom is 0.490 e. The molecule has 0 amide bonds. The molecule has 1 aromatic heterocycles. The third kappa shape index (κ3) is 6.78. The lowest BCUT2D eigenvalue weighted by atomic mass is 9.88. The van der Waals surface area contributed by atoms with Gasteiger partial charge in [0.2, 0.25) is 0 Å². The van der Waals surface area contributed by atoms with Crippen LogP contribution in [0.15, 0.2) is 17.1 Å². The largest absolute Gasteiger partial charge is 0.490 e. The number of aromatic nitrogens is 2. The number of ether oxygens (including phenoxy) is 1. The second-order valence-electron chi connectivity index (χ2n) is 6.74. The second kappa shape index (κ2) is 8.89. The Morgan fingerprint density at radius 1 is 1.27 bits per heavy atom. The third-order valence-electron chi connectivity index (χ3n) is 4.29. The van der Waals surface area contributed by atoms with E-state index in [-0.39, 0.29) is 18.2 Å². The van der Waals surface area contributed by atoms with Crippen LogP contribution in [-0.4, -0.2) is 41.3 Å². The van der Waals surface area contributed by atoms with Gasteiger partial charge in [-0.2, -0.15) is 13.6 Å². The highest BCUT2D eigenvalue weighted by Crippen LogP contribution is 2.66. The molecular weight excluding hydrogens is 471 g/mol. The minimum absolute atomic E-state index is 0.0250. The predicted molar refractivity (Wildman–Crippen MR) is 99.7 cm³/mol. The fourth-order valence-electron chi connectivity index (χ4n) is 2.79. The number of anilines is 1. The lowest BCUT2D eigenvalue weighted by molar-refractivity contribution is -0.121. The van der Waals surface area contributed by atoms with Crippen molar-refractivity contribution < 1.29 is 51.2 Å². The van der Waals surface area contributed by atoms with Crippen LogP contribution in [0, 0.1) is 5.92 Å². The topological polar surface area (TPSA) is 230 Å². The predicted octanol–water partition coefficient (Wildman–Crippen LogP) is 0.873. The van der Waals surface area contributed by atoms with Gasteiger partial charge < -0.3 is 30.0 Å². The molecular formula is C12H22N3O12P3. The van der Waals surface area contributed by atoms with Gasteiger partial charge in [-0.15, -0.1) is 0 Å². The molecule has 0 spiro atoms. The van der Waals surface area contributed by atoms with Gasteiger partial charge in [0.05, 0.1) is 12.2 Å². The van der Waals surface area contributed by atoms with E-state index in [1.54, 1.807) is 13.8 Å². The highest BCUT2D eigenvalue weighted by atomic mass is 31.3.